The smallest absolute Gasteiger partial charge is 0.251 e. The summed E-state index contributed by atoms with van der Waals surface area (Å²) < 4.78 is 5.94. The third-order valence-corrected chi connectivity index (χ3v) is 6.81. The van der Waals surface area contributed by atoms with Gasteiger partial charge in [0.05, 0.1) is 20.9 Å². The number of nitrogen functional groups attached to an aromatic ring is 1. The van der Waals surface area contributed by atoms with Crippen LogP contribution in [0.25, 0.3) is 0 Å². The number of hydrogen-bond acceptors (Lipinski definition) is 6. The largest absolute Gasteiger partial charge is 0.390 e. The van der Waals surface area contributed by atoms with Crippen molar-refractivity contribution in [1.29, 1.82) is 0 Å². The summed E-state index contributed by atoms with van der Waals surface area (Å²) in [5.41, 5.74) is 12.7. The van der Waals surface area contributed by atoms with Gasteiger partial charge in [-0.15, -0.1) is 11.3 Å². The second kappa shape index (κ2) is 7.18. The van der Waals surface area contributed by atoms with E-state index in [4.69, 9.17) is 16.0 Å². The van der Waals surface area contributed by atoms with Gasteiger partial charge in [0.25, 0.3) is 5.91 Å². The molecule has 4 N–H and O–H groups in total. The maximum Gasteiger partial charge on any atom is 0.251 e. The number of amides is 1. The Labute approximate surface area is 174 Å². The molecule has 144 valence electrons. The number of benzene rings is 1. The van der Waals surface area contributed by atoms with Crippen LogP contribution in [0.15, 0.2) is 45.5 Å². The fraction of sp³-hybridized carbons (Fsp3) is 0.250. The van der Waals surface area contributed by atoms with E-state index in [-0.39, 0.29) is 5.78 Å². The lowest BCUT2D eigenvalue weighted by Gasteiger charge is -2.36. The predicted octanol–water partition coefficient (Wildman–Crippen LogP) is 3.88. The standard InChI is InChI=1S/C20H18BrN3O3S/c21-14-10-12(27-24-14)6-8-20(11-4-2-1-3-5-11)9-7-13-15(18(22)26)19(23)28-16(13)17(20)25/h1-5,10H,6-9,23H2,(H2,22,26). The summed E-state index contributed by atoms with van der Waals surface area (Å²) in [7, 11) is 0. The molecule has 0 radical (unpaired) electrons. The number of fused-ring (bicyclic) bond motifs is 1. The number of carbonyl (C=O) groups excluding carboxylic acids is 2. The molecule has 1 aliphatic rings. The number of aryl methyl sites for hydroxylation is 1. The minimum atomic E-state index is -0.709. The average molecular weight is 460 g/mol. The van der Waals surface area contributed by atoms with Crippen LogP contribution >= 0.6 is 27.3 Å². The van der Waals surface area contributed by atoms with E-state index in [0.29, 0.717) is 57.1 Å². The molecule has 28 heavy (non-hydrogen) atoms. The Bertz CT molecular complexity index is 1060. The molecule has 4 rings (SSSR count). The van der Waals surface area contributed by atoms with Crippen molar-refractivity contribution in [3.05, 3.63) is 68.3 Å². The molecule has 0 fully saturated rings. The first kappa shape index (κ1) is 18.9. The molecule has 1 aromatic carbocycles. The third-order valence-electron chi connectivity index (χ3n) is 5.38. The summed E-state index contributed by atoms with van der Waals surface area (Å²) in [5.74, 6) is 0.119. The zero-order valence-electron chi connectivity index (χ0n) is 14.9. The van der Waals surface area contributed by atoms with Gasteiger partial charge in [-0.3, -0.25) is 9.59 Å². The fourth-order valence-corrected chi connectivity index (χ4v) is 5.49. The van der Waals surface area contributed by atoms with Crippen molar-refractivity contribution in [2.45, 2.75) is 31.1 Å². The Hall–Kier alpha value is -2.45. The van der Waals surface area contributed by atoms with Crippen LogP contribution < -0.4 is 11.5 Å². The van der Waals surface area contributed by atoms with Crippen LogP contribution in [-0.2, 0) is 18.3 Å². The Morgan fingerprint density at radius 3 is 2.71 bits per heavy atom. The highest BCUT2D eigenvalue weighted by molar-refractivity contribution is 9.10. The lowest BCUT2D eigenvalue weighted by atomic mass is 9.65. The van der Waals surface area contributed by atoms with Gasteiger partial charge in [0.1, 0.15) is 10.4 Å². The maximum absolute atomic E-state index is 13.7. The number of carbonyl (C=O) groups is 2. The monoisotopic (exact) mass is 459 g/mol. The normalized spacial score (nSPS) is 18.8. The predicted molar refractivity (Wildman–Crippen MR) is 111 cm³/mol. The van der Waals surface area contributed by atoms with E-state index >= 15 is 0 Å². The summed E-state index contributed by atoms with van der Waals surface area (Å²) >= 11 is 4.45. The number of aromatic nitrogens is 1. The van der Waals surface area contributed by atoms with Gasteiger partial charge >= 0.3 is 0 Å². The van der Waals surface area contributed by atoms with Gasteiger partial charge in [-0.05, 0) is 46.3 Å². The number of thiophene rings is 1. The Balaban J connectivity index is 1.77. The molecule has 6 nitrogen and oxygen atoms in total. The molecule has 0 bridgehead atoms. The van der Waals surface area contributed by atoms with E-state index in [0.717, 1.165) is 16.9 Å². The fourth-order valence-electron chi connectivity index (χ4n) is 4.00. The number of hydrogen-bond donors (Lipinski definition) is 2. The average Bonchev–Trinajstić information content (AvgIpc) is 3.25. The summed E-state index contributed by atoms with van der Waals surface area (Å²) in [6.07, 6.45) is 2.29. The molecular formula is C20H18BrN3O3S. The minimum Gasteiger partial charge on any atom is -0.390 e. The van der Waals surface area contributed by atoms with Crippen LogP contribution in [0.5, 0.6) is 0 Å². The van der Waals surface area contributed by atoms with Crippen molar-refractivity contribution in [3.8, 4) is 0 Å². The van der Waals surface area contributed by atoms with Crippen LogP contribution in [0.2, 0.25) is 0 Å². The SMILES string of the molecule is NC(=O)c1c(N)sc2c1CCC(CCc1cc(Br)no1)(c1ccccc1)C2=O. The highest BCUT2D eigenvalue weighted by Crippen LogP contribution is 2.46. The van der Waals surface area contributed by atoms with Gasteiger partial charge in [0.2, 0.25) is 0 Å². The van der Waals surface area contributed by atoms with Crippen LogP contribution in [0, 0.1) is 0 Å². The zero-order chi connectivity index (χ0) is 19.9. The first-order chi connectivity index (χ1) is 13.4. The molecule has 0 saturated heterocycles. The van der Waals surface area contributed by atoms with Gasteiger partial charge in [0.15, 0.2) is 5.78 Å². The zero-order valence-corrected chi connectivity index (χ0v) is 17.3. The van der Waals surface area contributed by atoms with Gasteiger partial charge in [0, 0.05) is 12.5 Å². The van der Waals surface area contributed by atoms with Gasteiger partial charge in [-0.1, -0.05) is 35.5 Å². The third kappa shape index (κ3) is 3.06. The molecule has 1 aliphatic carbocycles. The topological polar surface area (TPSA) is 112 Å². The quantitative estimate of drug-likeness (QED) is 0.600. The highest BCUT2D eigenvalue weighted by Gasteiger charge is 2.46. The summed E-state index contributed by atoms with van der Waals surface area (Å²) in [4.78, 5) is 26.1. The van der Waals surface area contributed by atoms with Gasteiger partial charge in [-0.2, -0.15) is 0 Å². The van der Waals surface area contributed by atoms with E-state index in [2.05, 4.69) is 21.1 Å². The first-order valence-electron chi connectivity index (χ1n) is 8.85. The number of nitrogens with two attached hydrogens (primary N) is 2. The molecule has 1 unspecified atom stereocenters. The molecule has 8 heteroatoms. The number of ketones is 1. The van der Waals surface area contributed by atoms with Crippen LogP contribution in [0.3, 0.4) is 0 Å². The van der Waals surface area contributed by atoms with Crippen LogP contribution in [0.4, 0.5) is 5.00 Å². The number of rotatable bonds is 5. The van der Waals surface area contributed by atoms with Gasteiger partial charge < -0.3 is 16.0 Å². The molecule has 0 saturated carbocycles. The molecule has 0 spiro atoms. The molecule has 1 atom stereocenters. The highest BCUT2D eigenvalue weighted by atomic mass is 79.9. The molecule has 0 aliphatic heterocycles. The first-order valence-corrected chi connectivity index (χ1v) is 10.5. The minimum absolute atomic E-state index is 0.0114. The van der Waals surface area contributed by atoms with Crippen molar-refractivity contribution in [2.75, 3.05) is 5.73 Å². The lowest BCUT2D eigenvalue weighted by Crippen LogP contribution is -2.40. The number of halogens is 1. The van der Waals surface area contributed by atoms with E-state index in [9.17, 15) is 9.59 Å². The van der Waals surface area contributed by atoms with E-state index < -0.39 is 11.3 Å². The Morgan fingerprint density at radius 1 is 1.32 bits per heavy atom. The second-order valence-electron chi connectivity index (χ2n) is 6.91. The summed E-state index contributed by atoms with van der Waals surface area (Å²) in [6.45, 7) is 0. The number of anilines is 1. The lowest BCUT2D eigenvalue weighted by molar-refractivity contribution is 0.0853. The van der Waals surface area contributed by atoms with Gasteiger partial charge in [-0.25, -0.2) is 0 Å². The van der Waals surface area contributed by atoms with Crippen molar-refractivity contribution < 1.29 is 14.1 Å². The number of Topliss-reactive ketones (excluding diaryl/α,β-unsaturated/α-hetero) is 1. The van der Waals surface area contributed by atoms with Crippen LogP contribution in [0.1, 0.15) is 49.8 Å². The van der Waals surface area contributed by atoms with Crippen molar-refractivity contribution in [1.82, 2.24) is 5.16 Å². The Morgan fingerprint density at radius 2 is 2.07 bits per heavy atom. The number of primary amides is 1. The molecule has 3 aromatic rings. The van der Waals surface area contributed by atoms with Crippen molar-refractivity contribution in [3.63, 3.8) is 0 Å². The number of nitrogens with zero attached hydrogens (tertiary/aromatic N) is 1. The maximum atomic E-state index is 13.7. The van der Waals surface area contributed by atoms with E-state index in [1.807, 2.05) is 36.4 Å². The Kier molecular flexibility index (Phi) is 4.84. The summed E-state index contributed by atoms with van der Waals surface area (Å²) in [6, 6.07) is 11.6. The van der Waals surface area contributed by atoms with E-state index in [1.54, 1.807) is 0 Å². The van der Waals surface area contributed by atoms with E-state index in [1.165, 1.54) is 0 Å². The molecular weight excluding hydrogens is 442 g/mol. The van der Waals surface area contributed by atoms with Crippen LogP contribution in [-0.4, -0.2) is 16.8 Å². The molecule has 1 amide bonds. The van der Waals surface area contributed by atoms with Crippen molar-refractivity contribution >= 4 is 44.0 Å². The molecule has 2 aromatic heterocycles. The summed E-state index contributed by atoms with van der Waals surface area (Å²) in [5, 5.41) is 4.17. The molecule has 2 heterocycles. The van der Waals surface area contributed by atoms with Crippen molar-refractivity contribution in [2.24, 2.45) is 5.73 Å². The second-order valence-corrected chi connectivity index (χ2v) is 8.77.